The Labute approximate surface area is 184 Å². The second-order valence-corrected chi connectivity index (χ2v) is 9.17. The summed E-state index contributed by atoms with van der Waals surface area (Å²) in [4.78, 5) is 3.60. The van der Waals surface area contributed by atoms with Crippen LogP contribution in [0, 0.1) is 5.82 Å². The van der Waals surface area contributed by atoms with Gasteiger partial charge in [-0.05, 0) is 36.4 Å². The molecule has 1 saturated heterocycles. The predicted octanol–water partition coefficient (Wildman–Crippen LogP) is 3.19. The molecular weight excluding hydrogens is 452 g/mol. The maximum atomic E-state index is 13.5. The van der Waals surface area contributed by atoms with Gasteiger partial charge in [-0.25, -0.2) is 12.8 Å². The van der Waals surface area contributed by atoms with Crippen molar-refractivity contribution in [2.75, 3.05) is 52.5 Å². The third-order valence-corrected chi connectivity index (χ3v) is 6.58. The Balaban J connectivity index is 1.34. The lowest BCUT2D eigenvalue weighted by Gasteiger charge is -2.34. The van der Waals surface area contributed by atoms with E-state index in [1.54, 1.807) is 18.2 Å². The van der Waals surface area contributed by atoms with Gasteiger partial charge in [0.15, 0.2) is 11.6 Å². The van der Waals surface area contributed by atoms with E-state index in [1.807, 2.05) is 0 Å². The molecule has 6 nitrogen and oxygen atoms in total. The number of sulfone groups is 1. The van der Waals surface area contributed by atoms with Crippen molar-refractivity contribution in [1.29, 1.82) is 0 Å². The number of nitrogens with zero attached hydrogens (tertiary/aromatic N) is 2. The van der Waals surface area contributed by atoms with Crippen molar-refractivity contribution in [2.45, 2.75) is 10.4 Å². The van der Waals surface area contributed by atoms with Crippen molar-refractivity contribution in [3.8, 4) is 11.5 Å². The summed E-state index contributed by atoms with van der Waals surface area (Å²) in [5.41, 5.74) is -5.33. The molecule has 32 heavy (non-hydrogen) atoms. The fourth-order valence-corrected chi connectivity index (χ4v) is 3.99. The molecule has 3 rings (SSSR count). The monoisotopic (exact) mass is 476 g/mol. The van der Waals surface area contributed by atoms with Crippen LogP contribution in [0.4, 0.5) is 17.6 Å². The van der Waals surface area contributed by atoms with E-state index in [2.05, 4.69) is 9.80 Å². The highest BCUT2D eigenvalue weighted by atomic mass is 32.2. The van der Waals surface area contributed by atoms with Gasteiger partial charge >= 0.3 is 5.51 Å². The van der Waals surface area contributed by atoms with Gasteiger partial charge in [-0.1, -0.05) is 12.1 Å². The second kappa shape index (κ2) is 10.5. The molecule has 2 aromatic rings. The Morgan fingerprint density at radius 2 is 1.34 bits per heavy atom. The Morgan fingerprint density at radius 3 is 1.88 bits per heavy atom. The van der Waals surface area contributed by atoms with Gasteiger partial charge in [0.05, 0.1) is 4.90 Å². The molecule has 0 bridgehead atoms. The van der Waals surface area contributed by atoms with Crippen LogP contribution < -0.4 is 9.47 Å². The van der Waals surface area contributed by atoms with Crippen LogP contribution in [0.25, 0.3) is 0 Å². The average Bonchev–Trinajstić information content (AvgIpc) is 2.76. The minimum atomic E-state index is -5.36. The van der Waals surface area contributed by atoms with Gasteiger partial charge in [0, 0.05) is 39.3 Å². The smallest absolute Gasteiger partial charge is 0.492 e. The average molecular weight is 476 g/mol. The first kappa shape index (κ1) is 24.3. The lowest BCUT2D eigenvalue weighted by Crippen LogP contribution is -2.48. The number of benzene rings is 2. The van der Waals surface area contributed by atoms with Gasteiger partial charge in [0.2, 0.25) is 0 Å². The molecule has 1 aliphatic heterocycles. The van der Waals surface area contributed by atoms with E-state index in [0.29, 0.717) is 32.1 Å². The number of alkyl halides is 3. The van der Waals surface area contributed by atoms with Gasteiger partial charge in [-0.3, -0.25) is 9.80 Å². The number of hydrogen-bond acceptors (Lipinski definition) is 6. The molecule has 1 aliphatic rings. The molecule has 0 spiro atoms. The van der Waals surface area contributed by atoms with Crippen molar-refractivity contribution in [3.05, 3.63) is 54.3 Å². The molecule has 2 aromatic carbocycles. The summed E-state index contributed by atoms with van der Waals surface area (Å²) in [6.07, 6.45) is 0. The minimum Gasteiger partial charge on any atom is -0.492 e. The summed E-state index contributed by atoms with van der Waals surface area (Å²) in [5, 5.41) is 0. The standard InChI is InChI=1S/C21H24F4N2O4S/c22-19-3-1-2-4-20(19)31-16-14-27-11-9-26(10-12-27)13-15-30-17-5-7-18(8-6-17)32(28,29)21(23,24)25/h1-8H,9-16H2. The Morgan fingerprint density at radius 1 is 0.812 bits per heavy atom. The largest absolute Gasteiger partial charge is 0.501 e. The van der Waals surface area contributed by atoms with E-state index in [1.165, 1.54) is 18.2 Å². The minimum absolute atomic E-state index is 0.243. The summed E-state index contributed by atoms with van der Waals surface area (Å²) < 4.78 is 85.0. The molecule has 0 aliphatic carbocycles. The SMILES string of the molecule is O=S(=O)(c1ccc(OCCN2CCN(CCOc3ccccc3F)CC2)cc1)C(F)(F)F. The molecule has 0 unspecified atom stereocenters. The lowest BCUT2D eigenvalue weighted by molar-refractivity contribution is -0.0436. The first-order chi connectivity index (χ1) is 15.2. The highest BCUT2D eigenvalue weighted by Gasteiger charge is 2.46. The van der Waals surface area contributed by atoms with E-state index in [9.17, 15) is 26.0 Å². The first-order valence-corrected chi connectivity index (χ1v) is 11.5. The van der Waals surface area contributed by atoms with E-state index in [-0.39, 0.29) is 11.6 Å². The summed E-state index contributed by atoms with van der Waals surface area (Å²) in [5.74, 6) is 0.163. The number of piperazine rings is 1. The summed E-state index contributed by atoms with van der Waals surface area (Å²) in [6.45, 7) is 5.30. The lowest BCUT2D eigenvalue weighted by atomic mass is 10.3. The third-order valence-electron chi connectivity index (χ3n) is 5.08. The quantitative estimate of drug-likeness (QED) is 0.519. The maximum Gasteiger partial charge on any atom is 0.501 e. The van der Waals surface area contributed by atoms with Crippen LogP contribution >= 0.6 is 0 Å². The van der Waals surface area contributed by atoms with Crippen molar-refractivity contribution in [2.24, 2.45) is 0 Å². The molecule has 0 saturated carbocycles. The Hall–Kier alpha value is -2.37. The van der Waals surface area contributed by atoms with Crippen LogP contribution in [0.1, 0.15) is 0 Å². The number of ether oxygens (including phenoxy) is 2. The number of halogens is 4. The van der Waals surface area contributed by atoms with Crippen LogP contribution in [0.5, 0.6) is 11.5 Å². The van der Waals surface area contributed by atoms with E-state index >= 15 is 0 Å². The van der Waals surface area contributed by atoms with Crippen molar-refractivity contribution in [1.82, 2.24) is 9.80 Å². The molecule has 0 aromatic heterocycles. The van der Waals surface area contributed by atoms with Gasteiger partial charge in [0.1, 0.15) is 19.0 Å². The van der Waals surface area contributed by atoms with Crippen molar-refractivity contribution < 1.29 is 35.5 Å². The second-order valence-electron chi connectivity index (χ2n) is 7.23. The Bertz CT molecular complexity index is 976. The van der Waals surface area contributed by atoms with E-state index in [0.717, 1.165) is 38.3 Å². The zero-order valence-corrected chi connectivity index (χ0v) is 18.0. The van der Waals surface area contributed by atoms with Gasteiger partial charge in [0.25, 0.3) is 9.84 Å². The van der Waals surface area contributed by atoms with Crippen LogP contribution in [0.15, 0.2) is 53.4 Å². The van der Waals surface area contributed by atoms with Crippen LogP contribution in [0.2, 0.25) is 0 Å². The fraction of sp³-hybridized carbons (Fsp3) is 0.429. The molecule has 1 fully saturated rings. The highest BCUT2D eigenvalue weighted by molar-refractivity contribution is 7.92. The predicted molar refractivity (Wildman–Crippen MR) is 110 cm³/mol. The maximum absolute atomic E-state index is 13.5. The number of rotatable bonds is 9. The molecule has 0 amide bonds. The highest BCUT2D eigenvalue weighted by Crippen LogP contribution is 2.30. The first-order valence-electron chi connectivity index (χ1n) is 10.0. The molecule has 1 heterocycles. The number of para-hydroxylation sites is 1. The molecule has 0 atom stereocenters. The molecule has 0 N–H and O–H groups in total. The van der Waals surface area contributed by atoms with Gasteiger partial charge < -0.3 is 9.47 Å². The molecular formula is C21H24F4N2O4S. The van der Waals surface area contributed by atoms with E-state index in [4.69, 9.17) is 9.47 Å². The molecule has 0 radical (unpaired) electrons. The van der Waals surface area contributed by atoms with Crippen molar-refractivity contribution in [3.63, 3.8) is 0 Å². The summed E-state index contributed by atoms with van der Waals surface area (Å²) >= 11 is 0. The normalized spacial score (nSPS) is 16.1. The number of hydrogen-bond donors (Lipinski definition) is 0. The van der Waals surface area contributed by atoms with E-state index < -0.39 is 20.2 Å². The zero-order chi connectivity index (χ0) is 23.2. The fourth-order valence-electron chi connectivity index (χ4n) is 3.22. The van der Waals surface area contributed by atoms with Gasteiger partial charge in [-0.2, -0.15) is 13.2 Å². The topological polar surface area (TPSA) is 59.1 Å². The zero-order valence-electron chi connectivity index (χ0n) is 17.2. The summed E-state index contributed by atoms with van der Waals surface area (Å²) in [7, 11) is -5.36. The summed E-state index contributed by atoms with van der Waals surface area (Å²) in [6, 6.07) is 10.5. The molecule has 176 valence electrons. The van der Waals surface area contributed by atoms with Crippen molar-refractivity contribution >= 4 is 9.84 Å². The third kappa shape index (κ3) is 6.33. The van der Waals surface area contributed by atoms with Crippen LogP contribution in [-0.4, -0.2) is 76.2 Å². The van der Waals surface area contributed by atoms with Gasteiger partial charge in [-0.15, -0.1) is 0 Å². The van der Waals surface area contributed by atoms with Crippen LogP contribution in [0.3, 0.4) is 0 Å². The molecule has 11 heteroatoms. The van der Waals surface area contributed by atoms with Crippen LogP contribution in [-0.2, 0) is 9.84 Å². The Kier molecular flexibility index (Phi) is 7.96.